The highest BCUT2D eigenvalue weighted by molar-refractivity contribution is 7.62. The van der Waals surface area contributed by atoms with E-state index in [1.54, 1.807) is 0 Å². The summed E-state index contributed by atoms with van der Waals surface area (Å²) in [6, 6.07) is 32.9. The molecule has 1 aliphatic rings. The summed E-state index contributed by atoms with van der Waals surface area (Å²) in [4.78, 5) is 2.64. The first-order valence-electron chi connectivity index (χ1n) is 11.1. The summed E-state index contributed by atoms with van der Waals surface area (Å²) in [5, 5.41) is 2.91. The van der Waals surface area contributed by atoms with Gasteiger partial charge in [-0.15, -0.1) is 0 Å². The second-order valence-electron chi connectivity index (χ2n) is 8.04. The van der Waals surface area contributed by atoms with Crippen molar-refractivity contribution < 1.29 is 0 Å². The van der Waals surface area contributed by atoms with Gasteiger partial charge in [0.15, 0.2) is 0 Å². The van der Waals surface area contributed by atoms with Gasteiger partial charge < -0.3 is 0 Å². The van der Waals surface area contributed by atoms with Crippen molar-refractivity contribution in [3.63, 3.8) is 0 Å². The first kappa shape index (κ1) is 22.6. The lowest BCUT2D eigenvalue weighted by molar-refractivity contribution is 0.250. The minimum atomic E-state index is -0.308. The van der Waals surface area contributed by atoms with E-state index in [1.165, 1.54) is 16.2 Å². The van der Waals surface area contributed by atoms with E-state index in [0.717, 1.165) is 54.5 Å². The molecule has 0 amide bonds. The summed E-state index contributed by atoms with van der Waals surface area (Å²) in [5.74, 6) is 0. The van der Waals surface area contributed by atoms with Crippen LogP contribution in [0.5, 0.6) is 0 Å². The third-order valence-corrected chi connectivity index (χ3v) is 9.50. The topological polar surface area (TPSA) is 9.72 Å². The average Bonchev–Trinajstić information content (AvgIpc) is 2.92. The standard InChI is InChI=1S/C26H33N3P2/c1-31(26-15-9-4-10-16-26)29-21-18-27(23-24-11-5-2-6-12-24)17-19-28(20-22-29)30-25-13-7-3-8-14-25/h2-16,30H,17-23H2,1H3. The number of benzene rings is 3. The van der Waals surface area contributed by atoms with Crippen molar-refractivity contribution in [3.8, 4) is 0 Å². The van der Waals surface area contributed by atoms with Gasteiger partial charge in [-0.3, -0.25) is 14.2 Å². The van der Waals surface area contributed by atoms with E-state index >= 15 is 0 Å². The number of rotatable bonds is 6. The van der Waals surface area contributed by atoms with Crippen molar-refractivity contribution in [2.75, 3.05) is 45.9 Å². The van der Waals surface area contributed by atoms with Crippen molar-refractivity contribution in [2.45, 2.75) is 6.54 Å². The molecule has 3 aromatic carbocycles. The predicted molar refractivity (Wildman–Crippen MR) is 138 cm³/mol. The van der Waals surface area contributed by atoms with Crippen molar-refractivity contribution in [1.82, 2.24) is 14.2 Å². The molecular formula is C26H33N3P2. The average molecular weight is 450 g/mol. The second kappa shape index (κ2) is 11.9. The van der Waals surface area contributed by atoms with Crippen LogP contribution in [0.15, 0.2) is 91.0 Å². The van der Waals surface area contributed by atoms with Gasteiger partial charge >= 0.3 is 0 Å². The van der Waals surface area contributed by atoms with Gasteiger partial charge in [0, 0.05) is 45.8 Å². The Hall–Kier alpha value is -1.60. The molecule has 162 valence electrons. The van der Waals surface area contributed by atoms with Crippen LogP contribution in [0.3, 0.4) is 0 Å². The molecule has 31 heavy (non-hydrogen) atoms. The third kappa shape index (κ3) is 6.94. The maximum absolute atomic E-state index is 2.73. The van der Waals surface area contributed by atoms with Crippen LogP contribution < -0.4 is 10.6 Å². The number of hydrogen-bond donors (Lipinski definition) is 0. The summed E-state index contributed by atoms with van der Waals surface area (Å²) in [7, 11) is 0.430. The van der Waals surface area contributed by atoms with Gasteiger partial charge in [-0.05, 0) is 39.6 Å². The van der Waals surface area contributed by atoms with Crippen molar-refractivity contribution >= 4 is 27.4 Å². The normalized spacial score (nSPS) is 18.5. The highest BCUT2D eigenvalue weighted by Crippen LogP contribution is 2.35. The summed E-state index contributed by atoms with van der Waals surface area (Å²) in [6.07, 6.45) is 0. The highest BCUT2D eigenvalue weighted by atomic mass is 31.1. The SMILES string of the molecule is CP(c1ccccc1)N1CCN(Cc2ccccc2)CCN(Pc2ccccc2)CC1. The fraction of sp³-hybridized carbons (Fsp3) is 0.308. The molecule has 0 saturated carbocycles. The molecule has 2 atom stereocenters. The van der Waals surface area contributed by atoms with Gasteiger partial charge in [-0.2, -0.15) is 0 Å². The molecule has 0 aromatic heterocycles. The van der Waals surface area contributed by atoms with Gasteiger partial charge in [-0.25, -0.2) is 0 Å². The van der Waals surface area contributed by atoms with Gasteiger partial charge in [0.1, 0.15) is 0 Å². The molecule has 3 nitrogen and oxygen atoms in total. The Labute approximate surface area is 190 Å². The maximum atomic E-state index is 2.73. The Kier molecular flexibility index (Phi) is 8.64. The Bertz CT molecular complexity index is 839. The first-order valence-corrected chi connectivity index (χ1v) is 13.8. The maximum Gasteiger partial charge on any atom is 0.0234 e. The molecule has 4 rings (SSSR count). The highest BCUT2D eigenvalue weighted by Gasteiger charge is 2.21. The van der Waals surface area contributed by atoms with Crippen molar-refractivity contribution in [1.29, 1.82) is 0 Å². The lowest BCUT2D eigenvalue weighted by Gasteiger charge is -2.31. The fourth-order valence-corrected chi connectivity index (χ4v) is 6.84. The zero-order chi connectivity index (χ0) is 21.3. The zero-order valence-electron chi connectivity index (χ0n) is 18.4. The van der Waals surface area contributed by atoms with Crippen LogP contribution in [0, 0.1) is 0 Å². The van der Waals surface area contributed by atoms with Gasteiger partial charge in [0.2, 0.25) is 0 Å². The van der Waals surface area contributed by atoms with Crippen molar-refractivity contribution in [3.05, 3.63) is 96.6 Å². The van der Waals surface area contributed by atoms with E-state index in [2.05, 4.69) is 112 Å². The van der Waals surface area contributed by atoms with Crippen LogP contribution in [0.4, 0.5) is 0 Å². The zero-order valence-corrected chi connectivity index (χ0v) is 20.3. The molecule has 3 aromatic rings. The first-order chi connectivity index (χ1) is 15.3. The summed E-state index contributed by atoms with van der Waals surface area (Å²) >= 11 is 0. The molecule has 5 heteroatoms. The molecule has 1 saturated heterocycles. The van der Waals surface area contributed by atoms with E-state index in [1.807, 2.05) is 0 Å². The van der Waals surface area contributed by atoms with E-state index < -0.39 is 0 Å². The number of nitrogens with zero attached hydrogens (tertiary/aromatic N) is 3. The lowest BCUT2D eigenvalue weighted by Crippen LogP contribution is -2.34. The van der Waals surface area contributed by atoms with E-state index in [4.69, 9.17) is 0 Å². The molecule has 1 heterocycles. The Morgan fingerprint density at radius 3 is 1.94 bits per heavy atom. The fourth-order valence-electron chi connectivity index (χ4n) is 4.00. The number of hydrogen-bond acceptors (Lipinski definition) is 3. The third-order valence-electron chi connectivity index (χ3n) is 5.85. The molecule has 0 aliphatic carbocycles. The van der Waals surface area contributed by atoms with Crippen LogP contribution in [0.25, 0.3) is 0 Å². The van der Waals surface area contributed by atoms with Gasteiger partial charge in [0.05, 0.1) is 0 Å². The van der Waals surface area contributed by atoms with E-state index in [9.17, 15) is 0 Å². The van der Waals surface area contributed by atoms with Gasteiger partial charge in [-0.1, -0.05) is 91.0 Å². The van der Waals surface area contributed by atoms with Gasteiger partial charge in [0.25, 0.3) is 0 Å². The van der Waals surface area contributed by atoms with Crippen LogP contribution in [0.1, 0.15) is 5.56 Å². The smallest absolute Gasteiger partial charge is 0.0234 e. The minimum Gasteiger partial charge on any atom is -0.297 e. The predicted octanol–water partition coefficient (Wildman–Crippen LogP) is 4.38. The summed E-state index contributed by atoms with van der Waals surface area (Å²) in [6.45, 7) is 10.2. The largest absolute Gasteiger partial charge is 0.297 e. The molecule has 1 fully saturated rings. The molecule has 0 bridgehead atoms. The van der Waals surface area contributed by atoms with E-state index in [0.29, 0.717) is 0 Å². The van der Waals surface area contributed by atoms with Crippen molar-refractivity contribution in [2.24, 2.45) is 0 Å². The minimum absolute atomic E-state index is 0.308. The van der Waals surface area contributed by atoms with E-state index in [-0.39, 0.29) is 8.07 Å². The summed E-state index contributed by atoms with van der Waals surface area (Å²) in [5.41, 5.74) is 1.41. The lowest BCUT2D eigenvalue weighted by atomic mass is 10.2. The van der Waals surface area contributed by atoms with Crippen LogP contribution in [-0.4, -0.2) is 60.2 Å². The second-order valence-corrected chi connectivity index (χ2v) is 11.6. The molecule has 0 radical (unpaired) electrons. The van der Waals surface area contributed by atoms with Crippen LogP contribution >= 0.6 is 16.8 Å². The quantitative estimate of drug-likeness (QED) is 0.518. The Balaban J connectivity index is 1.49. The molecule has 0 spiro atoms. The molecule has 1 aliphatic heterocycles. The summed E-state index contributed by atoms with van der Waals surface area (Å²) < 4.78 is 5.40. The Morgan fingerprint density at radius 2 is 1.23 bits per heavy atom. The monoisotopic (exact) mass is 449 g/mol. The molecule has 0 N–H and O–H groups in total. The molecule has 2 unspecified atom stereocenters. The Morgan fingerprint density at radius 1 is 0.677 bits per heavy atom. The van der Waals surface area contributed by atoms with Crippen LogP contribution in [0.2, 0.25) is 0 Å². The van der Waals surface area contributed by atoms with Crippen LogP contribution in [-0.2, 0) is 6.54 Å². The molecular weight excluding hydrogens is 416 g/mol.